The van der Waals surface area contributed by atoms with Gasteiger partial charge in [-0.15, -0.1) is 0 Å². The topological polar surface area (TPSA) is 67.8 Å². The van der Waals surface area contributed by atoms with Gasteiger partial charge in [-0.25, -0.2) is 14.4 Å². The number of halogens is 2. The summed E-state index contributed by atoms with van der Waals surface area (Å²) in [6.07, 6.45) is 8.89. The van der Waals surface area contributed by atoms with Crippen LogP contribution in [0.2, 0.25) is 5.02 Å². The minimum Gasteiger partial charge on any atom is -0.364 e. The smallest absolute Gasteiger partial charge is 0.183 e. The number of carbonyl (C=O) groups is 1. The molecular weight excluding hydrogens is 379 g/mol. The molecule has 0 saturated heterocycles. The van der Waals surface area contributed by atoms with Crippen molar-refractivity contribution in [3.8, 4) is 0 Å². The van der Waals surface area contributed by atoms with Gasteiger partial charge in [0.15, 0.2) is 17.5 Å². The Labute approximate surface area is 169 Å². The fourth-order valence-electron chi connectivity index (χ4n) is 3.45. The minimum atomic E-state index is -0.530. The maximum absolute atomic E-state index is 14.4. The molecule has 1 atom stereocenters. The number of anilines is 1. The zero-order valence-corrected chi connectivity index (χ0v) is 16.9. The zero-order chi connectivity index (χ0) is 20.1. The monoisotopic (exact) mass is 402 g/mol. The summed E-state index contributed by atoms with van der Waals surface area (Å²) in [5.41, 5.74) is 2.50. The lowest BCUT2D eigenvalue weighted by Crippen LogP contribution is -2.28. The van der Waals surface area contributed by atoms with E-state index in [1.165, 1.54) is 6.20 Å². The van der Waals surface area contributed by atoms with E-state index >= 15 is 0 Å². The average Bonchev–Trinajstić information content (AvgIpc) is 2.68. The third-order valence-corrected chi connectivity index (χ3v) is 4.98. The van der Waals surface area contributed by atoms with Crippen LogP contribution >= 0.6 is 11.6 Å². The summed E-state index contributed by atoms with van der Waals surface area (Å²) in [7, 11) is 0. The average molecular weight is 403 g/mol. The van der Waals surface area contributed by atoms with Gasteiger partial charge < -0.3 is 5.32 Å². The van der Waals surface area contributed by atoms with Crippen LogP contribution in [0, 0.1) is 5.82 Å². The molecule has 2 heterocycles. The molecule has 2 aromatic heterocycles. The molecule has 7 heteroatoms. The summed E-state index contributed by atoms with van der Waals surface area (Å²) in [5.74, 6) is 0.201. The highest BCUT2D eigenvalue weighted by atomic mass is 35.5. The number of nitrogens with one attached hydrogen (secondary N) is 1. The Kier molecular flexibility index (Phi) is 6.73. The van der Waals surface area contributed by atoms with E-state index in [9.17, 15) is 9.18 Å². The Balaban J connectivity index is 1.98. The molecule has 0 amide bonds. The first-order valence-corrected chi connectivity index (χ1v) is 10.1. The molecule has 0 aromatic carbocycles. The van der Waals surface area contributed by atoms with E-state index in [1.807, 2.05) is 26.0 Å². The quantitative estimate of drug-likeness (QED) is 0.737. The van der Waals surface area contributed by atoms with Gasteiger partial charge in [0.25, 0.3) is 0 Å². The van der Waals surface area contributed by atoms with Gasteiger partial charge in [-0.1, -0.05) is 31.5 Å². The van der Waals surface area contributed by atoms with Gasteiger partial charge in [-0.05, 0) is 31.7 Å². The summed E-state index contributed by atoms with van der Waals surface area (Å²) in [5, 5.41) is 3.62. The molecule has 1 saturated carbocycles. The highest BCUT2D eigenvalue weighted by molar-refractivity contribution is 6.30. The van der Waals surface area contributed by atoms with Crippen molar-refractivity contribution in [3.63, 3.8) is 0 Å². The van der Waals surface area contributed by atoms with Crippen molar-refractivity contribution in [1.82, 2.24) is 15.0 Å². The van der Waals surface area contributed by atoms with Crippen LogP contribution in [0.1, 0.15) is 63.0 Å². The third kappa shape index (κ3) is 4.73. The molecule has 0 bridgehead atoms. The summed E-state index contributed by atoms with van der Waals surface area (Å²) in [6, 6.07) is 1.74. The minimum absolute atomic E-state index is 0.101. The van der Waals surface area contributed by atoms with E-state index in [4.69, 9.17) is 11.6 Å². The molecule has 0 spiro atoms. The molecule has 1 N–H and O–H groups in total. The van der Waals surface area contributed by atoms with Crippen LogP contribution in [0.4, 0.5) is 10.2 Å². The van der Waals surface area contributed by atoms with Gasteiger partial charge in [0, 0.05) is 41.9 Å². The summed E-state index contributed by atoms with van der Waals surface area (Å²) >= 11 is 6.17. The molecule has 1 aliphatic rings. The standard InChI is InChI=1S/C21H24ClFN4O/c1-3-6-16(17-9-13(22)11-24-19(17)4-2)20-25-12-18(23)21(27-20)26-14-7-5-8-15(28)10-14/h6,9,11-12,14H,3-5,7-8,10H2,1-2H3,(H,25,26,27)/b16-6+/t14-/m0/s1. The van der Waals surface area contributed by atoms with Crippen LogP contribution in [0.15, 0.2) is 24.5 Å². The number of hydrogen-bond acceptors (Lipinski definition) is 5. The van der Waals surface area contributed by atoms with Crippen LogP contribution in [0.3, 0.4) is 0 Å². The Morgan fingerprint density at radius 1 is 1.36 bits per heavy atom. The van der Waals surface area contributed by atoms with Crippen LogP contribution in [-0.4, -0.2) is 26.8 Å². The largest absolute Gasteiger partial charge is 0.364 e. The van der Waals surface area contributed by atoms with E-state index in [2.05, 4.69) is 20.3 Å². The molecule has 1 aliphatic carbocycles. The summed E-state index contributed by atoms with van der Waals surface area (Å²) < 4.78 is 14.4. The molecule has 0 radical (unpaired) electrons. The highest BCUT2D eigenvalue weighted by Gasteiger charge is 2.22. The summed E-state index contributed by atoms with van der Waals surface area (Å²) in [6.45, 7) is 4.03. The van der Waals surface area contributed by atoms with Gasteiger partial charge in [0.2, 0.25) is 0 Å². The van der Waals surface area contributed by atoms with Crippen LogP contribution in [-0.2, 0) is 11.2 Å². The predicted octanol–water partition coefficient (Wildman–Crippen LogP) is 4.99. The van der Waals surface area contributed by atoms with Crippen molar-refractivity contribution in [2.45, 2.75) is 58.4 Å². The zero-order valence-electron chi connectivity index (χ0n) is 16.1. The Hall–Kier alpha value is -2.34. The third-order valence-electron chi connectivity index (χ3n) is 4.78. The van der Waals surface area contributed by atoms with Crippen molar-refractivity contribution >= 4 is 28.8 Å². The van der Waals surface area contributed by atoms with Crippen molar-refractivity contribution in [2.24, 2.45) is 0 Å². The second-order valence-corrected chi connectivity index (χ2v) is 7.33. The van der Waals surface area contributed by atoms with Gasteiger partial charge in [-0.2, -0.15) is 0 Å². The lowest BCUT2D eigenvalue weighted by molar-refractivity contribution is -0.120. The first-order valence-electron chi connectivity index (χ1n) is 9.67. The van der Waals surface area contributed by atoms with Gasteiger partial charge in [0.05, 0.1) is 11.2 Å². The molecule has 148 valence electrons. The van der Waals surface area contributed by atoms with Crippen molar-refractivity contribution < 1.29 is 9.18 Å². The molecule has 0 aliphatic heterocycles. The number of nitrogens with zero attached hydrogens (tertiary/aromatic N) is 3. The molecule has 1 fully saturated rings. The van der Waals surface area contributed by atoms with Crippen LogP contribution < -0.4 is 5.32 Å². The lowest BCUT2D eigenvalue weighted by atomic mass is 9.94. The van der Waals surface area contributed by atoms with Crippen molar-refractivity contribution in [3.05, 3.63) is 52.5 Å². The normalized spacial score (nSPS) is 17.6. The Morgan fingerprint density at radius 3 is 2.89 bits per heavy atom. The molecule has 5 nitrogen and oxygen atoms in total. The number of ketones is 1. The first-order chi connectivity index (χ1) is 13.5. The number of hydrogen-bond donors (Lipinski definition) is 1. The fraction of sp³-hybridized carbons (Fsp3) is 0.429. The maximum atomic E-state index is 14.4. The Bertz CT molecular complexity index is 900. The van der Waals surface area contributed by atoms with E-state index in [1.54, 1.807) is 6.20 Å². The molecule has 28 heavy (non-hydrogen) atoms. The van der Waals surface area contributed by atoms with E-state index in [0.29, 0.717) is 23.7 Å². The van der Waals surface area contributed by atoms with Crippen molar-refractivity contribution in [1.29, 1.82) is 0 Å². The van der Waals surface area contributed by atoms with E-state index in [-0.39, 0.29) is 17.6 Å². The second kappa shape index (κ2) is 9.24. The number of aromatic nitrogens is 3. The molecular formula is C21H24ClFN4O. The SMILES string of the molecule is CC/C=C(/c1ncc(F)c(N[C@H]2CCCC(=O)C2)n1)c1cc(Cl)cnc1CC. The van der Waals surface area contributed by atoms with Crippen LogP contribution in [0.25, 0.3) is 5.57 Å². The second-order valence-electron chi connectivity index (χ2n) is 6.89. The number of pyridine rings is 1. The van der Waals surface area contributed by atoms with E-state index < -0.39 is 5.82 Å². The number of aryl methyl sites for hydroxylation is 1. The highest BCUT2D eigenvalue weighted by Crippen LogP contribution is 2.28. The van der Waals surface area contributed by atoms with Gasteiger partial charge in [-0.3, -0.25) is 9.78 Å². The Morgan fingerprint density at radius 2 is 2.18 bits per heavy atom. The molecule has 3 rings (SSSR count). The first kappa shape index (κ1) is 20.4. The van der Waals surface area contributed by atoms with Crippen molar-refractivity contribution in [2.75, 3.05) is 5.32 Å². The van der Waals surface area contributed by atoms with Gasteiger partial charge >= 0.3 is 0 Å². The number of Topliss-reactive ketones (excluding diaryl/α,β-unsaturated/α-hetero) is 1. The van der Waals surface area contributed by atoms with E-state index in [0.717, 1.165) is 42.5 Å². The fourth-order valence-corrected chi connectivity index (χ4v) is 3.61. The predicted molar refractivity (Wildman–Crippen MR) is 109 cm³/mol. The molecule has 0 unspecified atom stereocenters. The number of rotatable bonds is 6. The number of allylic oxidation sites excluding steroid dienone is 1. The number of carbonyl (C=O) groups excluding carboxylic acids is 1. The molecule has 2 aromatic rings. The van der Waals surface area contributed by atoms with Crippen LogP contribution in [0.5, 0.6) is 0 Å². The van der Waals surface area contributed by atoms with Gasteiger partial charge in [0.1, 0.15) is 5.78 Å². The summed E-state index contributed by atoms with van der Waals surface area (Å²) in [4.78, 5) is 24.8. The maximum Gasteiger partial charge on any atom is 0.183 e. The lowest BCUT2D eigenvalue weighted by Gasteiger charge is -2.23.